The summed E-state index contributed by atoms with van der Waals surface area (Å²) in [6.45, 7) is 3.37. The standard InChI is InChI=1S/C13H18FN3O/c1-9(15)13(18)16-10-4-5-12(11(14)8-10)17-6-2-3-7-17/h4-5,8-9H,2-3,6-7,15H2,1H3,(H,16,18). The van der Waals surface area contributed by atoms with Gasteiger partial charge in [-0.15, -0.1) is 0 Å². The number of nitrogens with zero attached hydrogens (tertiary/aromatic N) is 1. The lowest BCUT2D eigenvalue weighted by atomic mass is 10.2. The largest absolute Gasteiger partial charge is 0.369 e. The summed E-state index contributed by atoms with van der Waals surface area (Å²) in [5.74, 6) is -0.623. The van der Waals surface area contributed by atoms with E-state index in [0.29, 0.717) is 11.4 Å². The number of nitrogens with one attached hydrogen (secondary N) is 1. The number of hydrogen-bond acceptors (Lipinski definition) is 3. The molecule has 1 unspecified atom stereocenters. The van der Waals surface area contributed by atoms with Crippen molar-refractivity contribution in [3.8, 4) is 0 Å². The first kappa shape index (κ1) is 12.8. The third-order valence-corrected chi connectivity index (χ3v) is 3.08. The zero-order valence-electron chi connectivity index (χ0n) is 10.4. The minimum atomic E-state index is -0.605. The van der Waals surface area contributed by atoms with E-state index < -0.39 is 6.04 Å². The molecule has 3 N–H and O–H groups in total. The second kappa shape index (κ2) is 5.35. The minimum absolute atomic E-state index is 0.306. The molecule has 1 aromatic carbocycles. The average Bonchev–Trinajstić information content (AvgIpc) is 2.82. The highest BCUT2D eigenvalue weighted by atomic mass is 19.1. The third-order valence-electron chi connectivity index (χ3n) is 3.08. The maximum Gasteiger partial charge on any atom is 0.241 e. The zero-order chi connectivity index (χ0) is 13.1. The summed E-state index contributed by atoms with van der Waals surface area (Å²) in [5.41, 5.74) is 6.48. The van der Waals surface area contributed by atoms with Crippen molar-refractivity contribution in [2.45, 2.75) is 25.8 Å². The lowest BCUT2D eigenvalue weighted by Gasteiger charge is -2.19. The quantitative estimate of drug-likeness (QED) is 0.859. The van der Waals surface area contributed by atoms with Crippen molar-refractivity contribution in [3.63, 3.8) is 0 Å². The molecular formula is C13H18FN3O. The molecule has 5 heteroatoms. The predicted octanol–water partition coefficient (Wildman–Crippen LogP) is 1.71. The Labute approximate surface area is 106 Å². The Bertz CT molecular complexity index is 442. The molecule has 98 valence electrons. The first-order valence-electron chi connectivity index (χ1n) is 6.19. The van der Waals surface area contributed by atoms with Gasteiger partial charge in [-0.2, -0.15) is 0 Å². The highest BCUT2D eigenvalue weighted by molar-refractivity contribution is 5.94. The van der Waals surface area contributed by atoms with Crippen LogP contribution >= 0.6 is 0 Å². The molecule has 0 bridgehead atoms. The molecule has 0 spiro atoms. The Hall–Kier alpha value is -1.62. The third kappa shape index (κ3) is 2.79. The normalized spacial score (nSPS) is 16.7. The van der Waals surface area contributed by atoms with Crippen LogP contribution in [0, 0.1) is 5.82 Å². The summed E-state index contributed by atoms with van der Waals surface area (Å²) < 4.78 is 13.9. The molecule has 0 saturated carbocycles. The van der Waals surface area contributed by atoms with E-state index in [1.54, 1.807) is 19.1 Å². The molecule has 1 fully saturated rings. The molecule has 1 amide bonds. The Morgan fingerprint density at radius 3 is 2.67 bits per heavy atom. The van der Waals surface area contributed by atoms with E-state index in [2.05, 4.69) is 5.32 Å². The van der Waals surface area contributed by atoms with Crippen LogP contribution in [0.1, 0.15) is 19.8 Å². The lowest BCUT2D eigenvalue weighted by Crippen LogP contribution is -2.32. The van der Waals surface area contributed by atoms with Crippen molar-refractivity contribution in [2.75, 3.05) is 23.3 Å². The summed E-state index contributed by atoms with van der Waals surface area (Å²) in [6, 6.07) is 4.15. The van der Waals surface area contributed by atoms with Crippen LogP contribution in [-0.4, -0.2) is 25.0 Å². The van der Waals surface area contributed by atoms with Crippen molar-refractivity contribution >= 4 is 17.3 Å². The van der Waals surface area contributed by atoms with Crippen molar-refractivity contribution in [3.05, 3.63) is 24.0 Å². The molecule has 1 aromatic rings. The highest BCUT2D eigenvalue weighted by Crippen LogP contribution is 2.25. The van der Waals surface area contributed by atoms with Gasteiger partial charge in [0.25, 0.3) is 0 Å². The first-order valence-corrected chi connectivity index (χ1v) is 6.19. The van der Waals surface area contributed by atoms with Gasteiger partial charge in [0.05, 0.1) is 11.7 Å². The Balaban J connectivity index is 2.11. The maximum absolute atomic E-state index is 13.9. The molecule has 4 nitrogen and oxygen atoms in total. The van der Waals surface area contributed by atoms with Gasteiger partial charge in [-0.3, -0.25) is 4.79 Å². The molecule has 1 aliphatic rings. The van der Waals surface area contributed by atoms with Gasteiger partial charge >= 0.3 is 0 Å². The number of halogens is 1. The molecule has 18 heavy (non-hydrogen) atoms. The Morgan fingerprint density at radius 2 is 2.11 bits per heavy atom. The van der Waals surface area contributed by atoms with Crippen molar-refractivity contribution < 1.29 is 9.18 Å². The van der Waals surface area contributed by atoms with E-state index in [1.807, 2.05) is 4.90 Å². The number of carbonyl (C=O) groups excluding carboxylic acids is 1. The SMILES string of the molecule is CC(N)C(=O)Nc1ccc(N2CCCC2)c(F)c1. The lowest BCUT2D eigenvalue weighted by molar-refractivity contribution is -0.117. The number of hydrogen-bond donors (Lipinski definition) is 2. The fourth-order valence-corrected chi connectivity index (χ4v) is 2.06. The number of nitrogens with two attached hydrogens (primary N) is 1. The van der Waals surface area contributed by atoms with Crippen LogP contribution in [-0.2, 0) is 4.79 Å². The van der Waals surface area contributed by atoms with E-state index >= 15 is 0 Å². The number of anilines is 2. The van der Waals surface area contributed by atoms with Crippen LogP contribution in [0.5, 0.6) is 0 Å². The van der Waals surface area contributed by atoms with Gasteiger partial charge < -0.3 is 16.0 Å². The van der Waals surface area contributed by atoms with Gasteiger partial charge in [0, 0.05) is 18.8 Å². The Morgan fingerprint density at radius 1 is 1.44 bits per heavy atom. The van der Waals surface area contributed by atoms with Crippen LogP contribution in [0.2, 0.25) is 0 Å². The molecule has 2 rings (SSSR count). The van der Waals surface area contributed by atoms with Gasteiger partial charge in [0.1, 0.15) is 5.82 Å². The first-order chi connectivity index (χ1) is 8.58. The van der Waals surface area contributed by atoms with E-state index in [4.69, 9.17) is 5.73 Å². The number of benzene rings is 1. The van der Waals surface area contributed by atoms with Crippen molar-refractivity contribution in [1.29, 1.82) is 0 Å². The predicted molar refractivity (Wildman–Crippen MR) is 70.1 cm³/mol. The van der Waals surface area contributed by atoms with E-state index in [-0.39, 0.29) is 11.7 Å². The molecule has 1 aliphatic heterocycles. The van der Waals surface area contributed by atoms with E-state index in [9.17, 15) is 9.18 Å². The van der Waals surface area contributed by atoms with Gasteiger partial charge in [-0.1, -0.05) is 0 Å². The monoisotopic (exact) mass is 251 g/mol. The average molecular weight is 251 g/mol. The summed E-state index contributed by atoms with van der Waals surface area (Å²) in [5, 5.41) is 2.58. The number of carbonyl (C=O) groups is 1. The van der Waals surface area contributed by atoms with Crippen LogP contribution in [0.4, 0.5) is 15.8 Å². The maximum atomic E-state index is 13.9. The van der Waals surface area contributed by atoms with Crippen LogP contribution in [0.15, 0.2) is 18.2 Å². The fraction of sp³-hybridized carbons (Fsp3) is 0.462. The van der Waals surface area contributed by atoms with Crippen molar-refractivity contribution in [1.82, 2.24) is 0 Å². The molecule has 1 atom stereocenters. The Kier molecular flexibility index (Phi) is 3.81. The molecule has 1 saturated heterocycles. The smallest absolute Gasteiger partial charge is 0.241 e. The van der Waals surface area contributed by atoms with Crippen LogP contribution in [0.25, 0.3) is 0 Å². The molecule has 0 radical (unpaired) electrons. The van der Waals surface area contributed by atoms with Gasteiger partial charge in [0.2, 0.25) is 5.91 Å². The van der Waals surface area contributed by atoms with Crippen LogP contribution in [0.3, 0.4) is 0 Å². The summed E-state index contributed by atoms with van der Waals surface area (Å²) in [6.07, 6.45) is 2.20. The number of rotatable bonds is 3. The summed E-state index contributed by atoms with van der Waals surface area (Å²) in [7, 11) is 0. The number of amides is 1. The van der Waals surface area contributed by atoms with Gasteiger partial charge in [0.15, 0.2) is 0 Å². The zero-order valence-corrected chi connectivity index (χ0v) is 10.4. The molecule has 0 aromatic heterocycles. The fourth-order valence-electron chi connectivity index (χ4n) is 2.06. The molecular weight excluding hydrogens is 233 g/mol. The second-order valence-corrected chi connectivity index (χ2v) is 4.64. The highest BCUT2D eigenvalue weighted by Gasteiger charge is 2.16. The minimum Gasteiger partial charge on any atom is -0.369 e. The van der Waals surface area contributed by atoms with E-state index in [0.717, 1.165) is 25.9 Å². The van der Waals surface area contributed by atoms with Gasteiger partial charge in [-0.05, 0) is 38.0 Å². The summed E-state index contributed by atoms with van der Waals surface area (Å²) >= 11 is 0. The van der Waals surface area contributed by atoms with Crippen molar-refractivity contribution in [2.24, 2.45) is 5.73 Å². The van der Waals surface area contributed by atoms with Gasteiger partial charge in [-0.25, -0.2) is 4.39 Å². The molecule has 1 heterocycles. The topological polar surface area (TPSA) is 58.4 Å². The van der Waals surface area contributed by atoms with Crippen LogP contribution < -0.4 is 16.0 Å². The molecule has 0 aliphatic carbocycles. The van der Waals surface area contributed by atoms with E-state index in [1.165, 1.54) is 6.07 Å². The summed E-state index contributed by atoms with van der Waals surface area (Å²) in [4.78, 5) is 13.4. The second-order valence-electron chi connectivity index (χ2n) is 4.64.